The summed E-state index contributed by atoms with van der Waals surface area (Å²) in [5, 5.41) is 15.1. The minimum atomic E-state index is -5.08. The van der Waals surface area contributed by atoms with Crippen molar-refractivity contribution in [1.82, 2.24) is 25.1 Å². The molecule has 2 aliphatic rings. The molecule has 10 nitrogen and oxygen atoms in total. The number of nitrogens with zero attached hydrogens (tertiary/aromatic N) is 5. The number of pyridine rings is 1. The summed E-state index contributed by atoms with van der Waals surface area (Å²) in [6.45, 7) is 4.26. The zero-order valence-corrected chi connectivity index (χ0v) is 21.0. The molecule has 13 heteroatoms. The fourth-order valence-corrected chi connectivity index (χ4v) is 4.77. The number of anilines is 2. The highest BCUT2D eigenvalue weighted by Crippen LogP contribution is 2.33. The van der Waals surface area contributed by atoms with Crippen molar-refractivity contribution >= 4 is 28.6 Å². The van der Waals surface area contributed by atoms with E-state index in [0.717, 1.165) is 61.2 Å². The van der Waals surface area contributed by atoms with Gasteiger partial charge in [-0.1, -0.05) is 0 Å². The molecule has 0 saturated carbocycles. The third-order valence-electron chi connectivity index (χ3n) is 6.85. The van der Waals surface area contributed by atoms with Crippen molar-refractivity contribution < 1.29 is 27.5 Å². The van der Waals surface area contributed by atoms with E-state index < -0.39 is 12.1 Å². The maximum Gasteiger partial charge on any atom is 0.490 e. The van der Waals surface area contributed by atoms with Gasteiger partial charge in [-0.15, -0.1) is 0 Å². The Labute approximate surface area is 221 Å². The number of fused-ring (bicyclic) bond motifs is 1. The van der Waals surface area contributed by atoms with E-state index >= 15 is 0 Å². The molecule has 2 saturated heterocycles. The molecule has 1 aromatic carbocycles. The molecule has 39 heavy (non-hydrogen) atoms. The van der Waals surface area contributed by atoms with E-state index in [-0.39, 0.29) is 0 Å². The molecule has 2 fully saturated rings. The first-order valence-electron chi connectivity index (χ1n) is 12.7. The second-order valence-corrected chi connectivity index (χ2v) is 9.52. The van der Waals surface area contributed by atoms with Crippen LogP contribution in [0, 0.1) is 0 Å². The number of halogens is 3. The molecule has 0 aliphatic carbocycles. The van der Waals surface area contributed by atoms with Crippen LogP contribution >= 0.6 is 0 Å². The lowest BCUT2D eigenvalue weighted by molar-refractivity contribution is -0.192. The molecule has 5 heterocycles. The summed E-state index contributed by atoms with van der Waals surface area (Å²) < 4.78 is 39.9. The molecule has 0 bridgehead atoms. The summed E-state index contributed by atoms with van der Waals surface area (Å²) in [7, 11) is 0. The van der Waals surface area contributed by atoms with E-state index in [1.165, 1.54) is 18.5 Å². The normalized spacial score (nSPS) is 16.3. The number of piperidine rings is 1. The van der Waals surface area contributed by atoms with E-state index in [0.29, 0.717) is 23.3 Å². The molecule has 0 spiro atoms. The molecular formula is C26H28F3N7O3. The van der Waals surface area contributed by atoms with Crippen molar-refractivity contribution in [3.8, 4) is 22.6 Å². The van der Waals surface area contributed by atoms with Gasteiger partial charge < -0.3 is 25.5 Å². The number of nitrogen functional groups attached to an aromatic ring is 1. The molecule has 4 aromatic rings. The molecule has 2 aliphatic heterocycles. The zero-order chi connectivity index (χ0) is 27.6. The molecular weight excluding hydrogens is 515 g/mol. The van der Waals surface area contributed by atoms with E-state index in [1.807, 2.05) is 18.3 Å². The maximum atomic E-state index is 10.6. The number of carboxylic acid groups (broad SMARTS) is 1. The van der Waals surface area contributed by atoms with Gasteiger partial charge in [-0.25, -0.2) is 14.8 Å². The Kier molecular flexibility index (Phi) is 7.42. The number of benzene rings is 1. The number of carboxylic acids is 1. The average Bonchev–Trinajstić information content (AvgIpc) is 3.70. The maximum absolute atomic E-state index is 10.6. The Balaban J connectivity index is 0.000000392. The second-order valence-electron chi connectivity index (χ2n) is 9.52. The first-order chi connectivity index (χ1) is 18.7. The average molecular weight is 544 g/mol. The first kappa shape index (κ1) is 26.5. The highest BCUT2D eigenvalue weighted by atomic mass is 19.4. The summed E-state index contributed by atoms with van der Waals surface area (Å²) in [6.07, 6.45) is 5.37. The Hall–Kier alpha value is -4.13. The van der Waals surface area contributed by atoms with Gasteiger partial charge in [0.05, 0.1) is 17.8 Å². The minimum Gasteiger partial charge on any atom is -0.475 e. The van der Waals surface area contributed by atoms with Gasteiger partial charge in [-0.3, -0.25) is 4.68 Å². The third kappa shape index (κ3) is 5.98. The van der Waals surface area contributed by atoms with Crippen LogP contribution < -0.4 is 16.0 Å². The summed E-state index contributed by atoms with van der Waals surface area (Å²) in [5.41, 5.74) is 11.7. The smallest absolute Gasteiger partial charge is 0.475 e. The van der Waals surface area contributed by atoms with Crippen LogP contribution in [-0.2, 0) is 4.79 Å². The van der Waals surface area contributed by atoms with Gasteiger partial charge in [0.15, 0.2) is 5.58 Å². The van der Waals surface area contributed by atoms with Crippen molar-refractivity contribution in [2.45, 2.75) is 37.9 Å². The van der Waals surface area contributed by atoms with Crippen LogP contribution in [0.2, 0.25) is 0 Å². The number of rotatable bonds is 4. The number of nitrogens with one attached hydrogen (secondary N) is 1. The van der Waals surface area contributed by atoms with Crippen LogP contribution in [0.5, 0.6) is 0 Å². The predicted molar refractivity (Wildman–Crippen MR) is 139 cm³/mol. The number of aliphatic carboxylic acids is 1. The van der Waals surface area contributed by atoms with Crippen LogP contribution in [0.1, 0.15) is 31.7 Å². The molecule has 0 atom stereocenters. The van der Waals surface area contributed by atoms with Gasteiger partial charge in [-0.2, -0.15) is 18.3 Å². The van der Waals surface area contributed by atoms with Crippen molar-refractivity contribution in [2.75, 3.05) is 36.8 Å². The SMILES string of the molecule is Nc1ncc(-c2cnn(C3CCNCC3)c2)cc1-c1nc2cc(N3CCCC3)ccc2o1.O=C(O)C(F)(F)F. The first-order valence-corrected chi connectivity index (χ1v) is 12.7. The number of nitrogens with two attached hydrogens (primary N) is 1. The van der Waals surface area contributed by atoms with Crippen molar-refractivity contribution in [3.05, 3.63) is 42.9 Å². The Morgan fingerprint density at radius 1 is 1.10 bits per heavy atom. The molecule has 206 valence electrons. The number of aromatic nitrogens is 4. The van der Waals surface area contributed by atoms with Crippen molar-refractivity contribution in [1.29, 1.82) is 0 Å². The molecule has 0 radical (unpaired) electrons. The van der Waals surface area contributed by atoms with E-state index in [9.17, 15) is 13.2 Å². The molecule has 0 amide bonds. The summed E-state index contributed by atoms with van der Waals surface area (Å²) in [5.74, 6) is -1.85. The minimum absolute atomic E-state index is 0.408. The largest absolute Gasteiger partial charge is 0.490 e. The van der Waals surface area contributed by atoms with E-state index in [1.54, 1.807) is 6.20 Å². The van der Waals surface area contributed by atoms with Gasteiger partial charge in [0.2, 0.25) is 5.89 Å². The fraction of sp³-hybridized carbons (Fsp3) is 0.385. The predicted octanol–water partition coefficient (Wildman–Crippen LogP) is 4.49. The van der Waals surface area contributed by atoms with Crippen molar-refractivity contribution in [3.63, 3.8) is 0 Å². The van der Waals surface area contributed by atoms with Crippen LogP contribution in [-0.4, -0.2) is 63.2 Å². The van der Waals surface area contributed by atoms with Gasteiger partial charge >= 0.3 is 12.1 Å². The van der Waals surface area contributed by atoms with Crippen LogP contribution in [0.4, 0.5) is 24.7 Å². The lowest BCUT2D eigenvalue weighted by atomic mass is 10.1. The van der Waals surface area contributed by atoms with Gasteiger partial charge in [0.1, 0.15) is 11.3 Å². The zero-order valence-electron chi connectivity index (χ0n) is 21.0. The standard InChI is InChI=1S/C24H27N7O.C2HF3O2/c25-23-20(24-29-21-12-19(3-4-22(21)32-24)30-9-1-2-10-30)11-16(13-27-23)17-14-28-31(15-17)18-5-7-26-8-6-18;3-2(4,5)1(6)7/h3-4,11-15,18,26H,1-2,5-10H2,(H2,25,27);(H,6,7). The topological polar surface area (TPSA) is 135 Å². The number of hydrogen-bond donors (Lipinski definition) is 3. The Morgan fingerprint density at radius 3 is 2.51 bits per heavy atom. The summed E-state index contributed by atoms with van der Waals surface area (Å²) >= 11 is 0. The van der Waals surface area contributed by atoms with Crippen LogP contribution in [0.3, 0.4) is 0 Å². The number of hydrogen-bond acceptors (Lipinski definition) is 8. The Morgan fingerprint density at radius 2 is 1.82 bits per heavy atom. The highest BCUT2D eigenvalue weighted by Gasteiger charge is 2.38. The van der Waals surface area contributed by atoms with Gasteiger partial charge in [0.25, 0.3) is 0 Å². The number of carbonyl (C=O) groups is 1. The lowest BCUT2D eigenvalue weighted by Crippen LogP contribution is -2.29. The number of alkyl halides is 3. The second kappa shape index (κ2) is 10.9. The molecule has 6 rings (SSSR count). The van der Waals surface area contributed by atoms with Gasteiger partial charge in [0, 0.05) is 42.3 Å². The van der Waals surface area contributed by atoms with Crippen LogP contribution in [0.15, 0.2) is 47.3 Å². The monoisotopic (exact) mass is 543 g/mol. The van der Waals surface area contributed by atoms with E-state index in [2.05, 4.69) is 43.3 Å². The number of oxazole rings is 1. The molecule has 0 unspecified atom stereocenters. The van der Waals surface area contributed by atoms with Gasteiger partial charge in [-0.05, 0) is 63.0 Å². The summed E-state index contributed by atoms with van der Waals surface area (Å²) in [6, 6.07) is 8.64. The molecule has 4 N–H and O–H groups in total. The third-order valence-corrected chi connectivity index (χ3v) is 6.85. The summed E-state index contributed by atoms with van der Waals surface area (Å²) in [4.78, 5) is 20.5. The van der Waals surface area contributed by atoms with Crippen molar-refractivity contribution in [2.24, 2.45) is 0 Å². The fourth-order valence-electron chi connectivity index (χ4n) is 4.77. The quantitative estimate of drug-likeness (QED) is 0.340. The lowest BCUT2D eigenvalue weighted by Gasteiger charge is -2.22. The van der Waals surface area contributed by atoms with Crippen LogP contribution in [0.25, 0.3) is 33.7 Å². The van der Waals surface area contributed by atoms with E-state index in [4.69, 9.17) is 25.0 Å². The molecule has 3 aromatic heterocycles. The highest BCUT2D eigenvalue weighted by molar-refractivity contribution is 5.83. The Bertz CT molecular complexity index is 1450.